The summed E-state index contributed by atoms with van der Waals surface area (Å²) in [5.41, 5.74) is 2.49. The Kier molecular flexibility index (Phi) is 5.20. The summed E-state index contributed by atoms with van der Waals surface area (Å²) in [6.45, 7) is 1.85. The lowest BCUT2D eigenvalue weighted by Gasteiger charge is -2.06. The highest BCUT2D eigenvalue weighted by molar-refractivity contribution is 7.92. The molecule has 1 heterocycles. The Morgan fingerprint density at radius 2 is 1.93 bits per heavy atom. The molecule has 0 radical (unpaired) electrons. The first kappa shape index (κ1) is 18.9. The van der Waals surface area contributed by atoms with Crippen molar-refractivity contribution in [1.82, 2.24) is 5.16 Å². The Labute approximate surface area is 161 Å². The van der Waals surface area contributed by atoms with E-state index in [9.17, 15) is 13.2 Å². The lowest BCUT2D eigenvalue weighted by Crippen LogP contribution is -2.13. The van der Waals surface area contributed by atoms with E-state index in [0.717, 1.165) is 11.8 Å². The number of sulfonamides is 1. The normalized spacial score (nSPS) is 11.2. The van der Waals surface area contributed by atoms with Gasteiger partial charge in [-0.1, -0.05) is 35.0 Å². The van der Waals surface area contributed by atoms with E-state index in [2.05, 4.69) is 15.2 Å². The number of hydrogen-bond acceptors (Lipinski definition) is 5. The van der Waals surface area contributed by atoms with Crippen molar-refractivity contribution in [3.63, 3.8) is 0 Å². The molecule has 3 aromatic rings. The first-order valence-corrected chi connectivity index (χ1v) is 10.1. The van der Waals surface area contributed by atoms with Gasteiger partial charge in [-0.15, -0.1) is 0 Å². The van der Waals surface area contributed by atoms with Crippen LogP contribution in [0.25, 0.3) is 11.3 Å². The van der Waals surface area contributed by atoms with Crippen molar-refractivity contribution in [3.8, 4) is 11.3 Å². The summed E-state index contributed by atoms with van der Waals surface area (Å²) >= 11 is 5.96. The number of nitrogens with one attached hydrogen (secondary N) is 2. The highest BCUT2D eigenvalue weighted by Gasteiger charge is 2.15. The number of anilines is 2. The molecule has 2 aromatic carbocycles. The van der Waals surface area contributed by atoms with Gasteiger partial charge in [-0.2, -0.15) is 0 Å². The third-order valence-corrected chi connectivity index (χ3v) is 4.48. The van der Waals surface area contributed by atoms with E-state index in [-0.39, 0.29) is 5.69 Å². The molecule has 0 aliphatic carbocycles. The van der Waals surface area contributed by atoms with Gasteiger partial charge in [0.05, 0.1) is 6.26 Å². The van der Waals surface area contributed by atoms with Crippen LogP contribution in [0.2, 0.25) is 5.02 Å². The molecule has 0 aliphatic rings. The van der Waals surface area contributed by atoms with Crippen LogP contribution in [0.1, 0.15) is 16.1 Å². The molecule has 0 bridgehead atoms. The topological polar surface area (TPSA) is 101 Å². The van der Waals surface area contributed by atoms with E-state index in [0.29, 0.717) is 27.7 Å². The first-order valence-electron chi connectivity index (χ1n) is 7.84. The van der Waals surface area contributed by atoms with Gasteiger partial charge >= 0.3 is 0 Å². The van der Waals surface area contributed by atoms with Crippen LogP contribution in [0.4, 0.5) is 11.4 Å². The molecule has 3 rings (SSSR count). The molecule has 9 heteroatoms. The van der Waals surface area contributed by atoms with Crippen molar-refractivity contribution in [3.05, 3.63) is 64.8 Å². The second-order valence-electron chi connectivity index (χ2n) is 5.94. The van der Waals surface area contributed by atoms with Gasteiger partial charge in [-0.25, -0.2) is 8.42 Å². The van der Waals surface area contributed by atoms with E-state index in [1.165, 1.54) is 6.07 Å². The maximum absolute atomic E-state index is 12.4. The summed E-state index contributed by atoms with van der Waals surface area (Å²) in [5.74, 6) is -0.110. The van der Waals surface area contributed by atoms with Crippen LogP contribution in [0, 0.1) is 6.92 Å². The van der Waals surface area contributed by atoms with Gasteiger partial charge in [0, 0.05) is 28.0 Å². The second kappa shape index (κ2) is 7.42. The van der Waals surface area contributed by atoms with Crippen molar-refractivity contribution >= 4 is 38.9 Å². The average Bonchev–Trinajstić information content (AvgIpc) is 3.07. The van der Waals surface area contributed by atoms with Crippen molar-refractivity contribution in [1.29, 1.82) is 0 Å². The average molecular weight is 406 g/mol. The number of rotatable bonds is 5. The lowest BCUT2D eigenvalue weighted by molar-refractivity contribution is 0.101. The quantitative estimate of drug-likeness (QED) is 0.669. The van der Waals surface area contributed by atoms with Crippen molar-refractivity contribution in [2.24, 2.45) is 0 Å². The zero-order valence-electron chi connectivity index (χ0n) is 14.5. The fraction of sp³-hybridized carbons (Fsp3) is 0.111. The maximum atomic E-state index is 12.4. The molecule has 0 spiro atoms. The van der Waals surface area contributed by atoms with Crippen LogP contribution >= 0.6 is 11.6 Å². The Balaban J connectivity index is 1.81. The lowest BCUT2D eigenvalue weighted by atomic mass is 10.1. The zero-order valence-corrected chi connectivity index (χ0v) is 16.1. The minimum atomic E-state index is -3.40. The fourth-order valence-corrected chi connectivity index (χ4v) is 3.11. The van der Waals surface area contributed by atoms with Gasteiger partial charge in [0.1, 0.15) is 0 Å². The van der Waals surface area contributed by atoms with Crippen LogP contribution in [0.5, 0.6) is 0 Å². The molecule has 0 unspecified atom stereocenters. The number of amides is 1. The number of carbonyl (C=O) groups is 1. The minimum absolute atomic E-state index is 0.0888. The molecule has 140 valence electrons. The maximum Gasteiger partial charge on any atom is 0.277 e. The highest BCUT2D eigenvalue weighted by Crippen LogP contribution is 2.25. The summed E-state index contributed by atoms with van der Waals surface area (Å²) in [6, 6.07) is 13.2. The number of aryl methyl sites for hydroxylation is 1. The predicted molar refractivity (Wildman–Crippen MR) is 105 cm³/mol. The molecule has 1 amide bonds. The standard InChI is InChI=1S/C18H16ClN3O4S/c1-11-6-7-13(19)9-15(11)20-18(23)16-10-17(26-21-16)12-4-3-5-14(8-12)22-27(2,24)25/h3-10,22H,1-2H3,(H,20,23). The Hall–Kier alpha value is -2.84. The fourth-order valence-electron chi connectivity index (χ4n) is 2.38. The molecule has 1 aromatic heterocycles. The smallest absolute Gasteiger partial charge is 0.277 e. The van der Waals surface area contributed by atoms with Gasteiger partial charge in [0.2, 0.25) is 10.0 Å². The predicted octanol–water partition coefficient (Wildman–Crippen LogP) is 3.93. The molecule has 7 nitrogen and oxygen atoms in total. The van der Waals surface area contributed by atoms with Gasteiger partial charge in [0.25, 0.3) is 5.91 Å². The van der Waals surface area contributed by atoms with Crippen LogP contribution in [-0.2, 0) is 10.0 Å². The molecule has 0 aliphatic heterocycles. The molecule has 0 atom stereocenters. The number of aromatic nitrogens is 1. The molecule has 27 heavy (non-hydrogen) atoms. The summed E-state index contributed by atoms with van der Waals surface area (Å²) in [4.78, 5) is 12.4. The van der Waals surface area contributed by atoms with Crippen LogP contribution in [0.3, 0.4) is 0 Å². The largest absolute Gasteiger partial charge is 0.355 e. The molecular formula is C18H16ClN3O4S. The molecule has 0 saturated carbocycles. The van der Waals surface area contributed by atoms with Gasteiger partial charge in [-0.05, 0) is 36.8 Å². The molecule has 0 fully saturated rings. The molecular weight excluding hydrogens is 390 g/mol. The van der Waals surface area contributed by atoms with E-state index in [4.69, 9.17) is 16.1 Å². The van der Waals surface area contributed by atoms with Crippen LogP contribution in [-0.4, -0.2) is 25.7 Å². The first-order chi connectivity index (χ1) is 12.7. The van der Waals surface area contributed by atoms with Gasteiger partial charge < -0.3 is 9.84 Å². The third-order valence-electron chi connectivity index (χ3n) is 3.64. The van der Waals surface area contributed by atoms with Crippen LogP contribution < -0.4 is 10.0 Å². The Morgan fingerprint density at radius 1 is 1.15 bits per heavy atom. The van der Waals surface area contributed by atoms with Gasteiger partial charge in [-0.3, -0.25) is 9.52 Å². The van der Waals surface area contributed by atoms with E-state index in [1.54, 1.807) is 42.5 Å². The number of hydrogen-bond donors (Lipinski definition) is 2. The SMILES string of the molecule is Cc1ccc(Cl)cc1NC(=O)c1cc(-c2cccc(NS(C)(=O)=O)c2)on1. The summed E-state index contributed by atoms with van der Waals surface area (Å²) in [7, 11) is -3.40. The number of benzene rings is 2. The summed E-state index contributed by atoms with van der Waals surface area (Å²) < 4.78 is 30.3. The molecule has 0 saturated heterocycles. The molecule has 2 N–H and O–H groups in total. The van der Waals surface area contributed by atoms with E-state index in [1.807, 2.05) is 6.92 Å². The van der Waals surface area contributed by atoms with Gasteiger partial charge in [0.15, 0.2) is 11.5 Å². The Bertz CT molecular complexity index is 1110. The zero-order chi connectivity index (χ0) is 19.6. The van der Waals surface area contributed by atoms with Crippen molar-refractivity contribution in [2.75, 3.05) is 16.3 Å². The van der Waals surface area contributed by atoms with E-state index < -0.39 is 15.9 Å². The summed E-state index contributed by atoms with van der Waals surface area (Å²) in [5, 5.41) is 7.03. The van der Waals surface area contributed by atoms with Crippen LogP contribution in [0.15, 0.2) is 53.1 Å². The van der Waals surface area contributed by atoms with E-state index >= 15 is 0 Å². The minimum Gasteiger partial charge on any atom is -0.355 e. The number of halogens is 1. The highest BCUT2D eigenvalue weighted by atomic mass is 35.5. The third kappa shape index (κ3) is 4.87. The van der Waals surface area contributed by atoms with Crippen molar-refractivity contribution in [2.45, 2.75) is 6.92 Å². The Morgan fingerprint density at radius 3 is 2.67 bits per heavy atom. The second-order valence-corrected chi connectivity index (χ2v) is 8.13. The summed E-state index contributed by atoms with van der Waals surface area (Å²) in [6.07, 6.45) is 1.06. The monoisotopic (exact) mass is 405 g/mol. The van der Waals surface area contributed by atoms with Crippen molar-refractivity contribution < 1.29 is 17.7 Å². The number of carbonyl (C=O) groups excluding carboxylic acids is 1. The number of nitrogens with zero attached hydrogens (tertiary/aromatic N) is 1.